The molecule has 1 heterocycles. The van der Waals surface area contributed by atoms with Gasteiger partial charge in [0.1, 0.15) is 4.90 Å². The Morgan fingerprint density at radius 2 is 1.90 bits per heavy atom. The number of rotatable bonds is 8. The Labute approximate surface area is 183 Å². The average molecular weight is 450 g/mol. The van der Waals surface area contributed by atoms with E-state index in [1.807, 2.05) is 25.1 Å². The number of aryl methyl sites for hydroxylation is 1. The van der Waals surface area contributed by atoms with Gasteiger partial charge in [0.15, 0.2) is 0 Å². The van der Waals surface area contributed by atoms with E-state index in [1.54, 1.807) is 6.07 Å². The van der Waals surface area contributed by atoms with E-state index in [2.05, 4.69) is 23.2 Å². The van der Waals surface area contributed by atoms with Crippen molar-refractivity contribution in [3.8, 4) is 0 Å². The number of likely N-dealkylation sites (N-methyl/N-ethyl adjacent to an activating group) is 1. The van der Waals surface area contributed by atoms with Gasteiger partial charge in [-0.05, 0) is 62.6 Å². The van der Waals surface area contributed by atoms with E-state index in [0.717, 1.165) is 25.1 Å². The van der Waals surface area contributed by atoms with E-state index in [0.29, 0.717) is 26.2 Å². The first-order chi connectivity index (χ1) is 14.3. The number of hydrogen-bond donors (Lipinski definition) is 1. The largest absolute Gasteiger partial charge is 0.370 e. The molecule has 0 aliphatic carbocycles. The number of nitrogens with one attached hydrogen (secondary N) is 1. The van der Waals surface area contributed by atoms with Crippen LogP contribution in [0.5, 0.6) is 0 Å². The summed E-state index contributed by atoms with van der Waals surface area (Å²) in [7, 11) is -3.69. The van der Waals surface area contributed by atoms with Crippen molar-refractivity contribution in [1.82, 2.24) is 9.62 Å². The summed E-state index contributed by atoms with van der Waals surface area (Å²) < 4.78 is 27.1. The second kappa shape index (κ2) is 9.81. The van der Waals surface area contributed by atoms with Gasteiger partial charge in [0.2, 0.25) is 10.0 Å². The third-order valence-corrected chi connectivity index (χ3v) is 7.67. The average Bonchev–Trinajstić information content (AvgIpc) is 3.27. The molecule has 0 saturated carbocycles. The van der Waals surface area contributed by atoms with Crippen molar-refractivity contribution < 1.29 is 13.2 Å². The van der Waals surface area contributed by atoms with Gasteiger partial charge in [-0.25, -0.2) is 8.42 Å². The second-order valence-electron chi connectivity index (χ2n) is 7.43. The lowest BCUT2D eigenvalue weighted by atomic mass is 10.2. The first-order valence-corrected chi connectivity index (χ1v) is 12.0. The zero-order chi connectivity index (χ0) is 21.7. The molecule has 2 aromatic carbocycles. The zero-order valence-electron chi connectivity index (χ0n) is 17.4. The molecule has 6 nitrogen and oxygen atoms in total. The molecule has 0 radical (unpaired) electrons. The van der Waals surface area contributed by atoms with E-state index >= 15 is 0 Å². The lowest BCUT2D eigenvalue weighted by Crippen LogP contribution is -2.35. The molecule has 1 saturated heterocycles. The maximum absolute atomic E-state index is 12.9. The first-order valence-electron chi connectivity index (χ1n) is 10.2. The van der Waals surface area contributed by atoms with Crippen LogP contribution in [0.2, 0.25) is 5.02 Å². The van der Waals surface area contributed by atoms with Gasteiger partial charge in [0, 0.05) is 44.0 Å². The third-order valence-electron chi connectivity index (χ3n) is 5.29. The normalized spacial score (nSPS) is 14.6. The lowest BCUT2D eigenvalue weighted by molar-refractivity contribution is 0.0954. The Bertz CT molecular complexity index is 1000. The zero-order valence-corrected chi connectivity index (χ0v) is 19.0. The molecular formula is C22H28ClN3O3S. The number of halogens is 1. The Morgan fingerprint density at radius 3 is 2.57 bits per heavy atom. The number of benzene rings is 2. The highest BCUT2D eigenvalue weighted by molar-refractivity contribution is 7.89. The lowest BCUT2D eigenvalue weighted by Gasteiger charge is -2.23. The van der Waals surface area contributed by atoms with Crippen molar-refractivity contribution >= 4 is 33.2 Å². The number of nitrogens with zero attached hydrogens (tertiary/aromatic N) is 2. The van der Waals surface area contributed by atoms with Crippen LogP contribution in [0.25, 0.3) is 0 Å². The summed E-state index contributed by atoms with van der Waals surface area (Å²) in [6.07, 6.45) is 1.68. The van der Waals surface area contributed by atoms with E-state index in [1.165, 1.54) is 22.0 Å². The molecule has 1 N–H and O–H groups in total. The number of sulfonamides is 1. The quantitative estimate of drug-likeness (QED) is 0.667. The molecule has 3 rings (SSSR count). The van der Waals surface area contributed by atoms with Crippen LogP contribution >= 0.6 is 11.6 Å². The van der Waals surface area contributed by atoms with Crippen LogP contribution in [0.4, 0.5) is 5.69 Å². The van der Waals surface area contributed by atoms with Gasteiger partial charge in [-0.1, -0.05) is 23.7 Å². The summed E-state index contributed by atoms with van der Waals surface area (Å²) in [6.45, 7) is 7.00. The summed E-state index contributed by atoms with van der Waals surface area (Å²) in [5.74, 6) is -0.315. The molecule has 0 unspecified atom stereocenters. The van der Waals surface area contributed by atoms with E-state index in [4.69, 9.17) is 11.6 Å². The minimum Gasteiger partial charge on any atom is -0.370 e. The summed E-state index contributed by atoms with van der Waals surface area (Å²) in [5.41, 5.74) is 2.58. The van der Waals surface area contributed by atoms with Crippen molar-refractivity contribution in [3.05, 3.63) is 58.6 Å². The predicted molar refractivity (Wildman–Crippen MR) is 121 cm³/mol. The van der Waals surface area contributed by atoms with Crippen LogP contribution in [0, 0.1) is 6.92 Å². The molecule has 30 heavy (non-hydrogen) atoms. The molecule has 1 fully saturated rings. The molecule has 0 aromatic heterocycles. The molecule has 1 aliphatic heterocycles. The molecule has 0 atom stereocenters. The number of carbonyl (C=O) groups is 1. The Kier molecular flexibility index (Phi) is 7.39. The van der Waals surface area contributed by atoms with Crippen LogP contribution in [0.15, 0.2) is 47.4 Å². The summed E-state index contributed by atoms with van der Waals surface area (Å²) in [4.78, 5) is 14.8. The van der Waals surface area contributed by atoms with Crippen molar-refractivity contribution in [1.29, 1.82) is 0 Å². The van der Waals surface area contributed by atoms with Gasteiger partial charge in [0.25, 0.3) is 5.91 Å². The van der Waals surface area contributed by atoms with Gasteiger partial charge in [-0.15, -0.1) is 0 Å². The van der Waals surface area contributed by atoms with Gasteiger partial charge < -0.3 is 10.2 Å². The fourth-order valence-electron chi connectivity index (χ4n) is 3.61. The monoisotopic (exact) mass is 449 g/mol. The topological polar surface area (TPSA) is 69.7 Å². The fourth-order valence-corrected chi connectivity index (χ4v) is 5.63. The van der Waals surface area contributed by atoms with E-state index < -0.39 is 10.0 Å². The highest BCUT2D eigenvalue weighted by atomic mass is 35.5. The van der Waals surface area contributed by atoms with E-state index in [-0.39, 0.29) is 21.4 Å². The highest BCUT2D eigenvalue weighted by Gasteiger charge is 2.29. The van der Waals surface area contributed by atoms with Gasteiger partial charge in [0.05, 0.1) is 5.02 Å². The molecule has 0 spiro atoms. The van der Waals surface area contributed by atoms with Crippen molar-refractivity contribution in [2.24, 2.45) is 0 Å². The smallest absolute Gasteiger partial charge is 0.251 e. The van der Waals surface area contributed by atoms with Crippen LogP contribution in [0.1, 0.15) is 35.7 Å². The summed E-state index contributed by atoms with van der Waals surface area (Å²) in [5, 5.41) is 3.02. The fraction of sp³-hybridized carbons (Fsp3) is 0.409. The van der Waals surface area contributed by atoms with E-state index in [9.17, 15) is 13.2 Å². The van der Waals surface area contributed by atoms with Gasteiger partial charge in [-0.3, -0.25) is 4.79 Å². The number of amides is 1. The number of anilines is 1. The first kappa shape index (κ1) is 22.6. The van der Waals surface area contributed by atoms with Crippen LogP contribution < -0.4 is 10.2 Å². The number of hydrogen-bond acceptors (Lipinski definition) is 4. The third kappa shape index (κ3) is 5.14. The van der Waals surface area contributed by atoms with Crippen molar-refractivity contribution in [2.75, 3.05) is 37.6 Å². The molecular weight excluding hydrogens is 422 g/mol. The predicted octanol–water partition coefficient (Wildman–Crippen LogP) is 3.69. The molecule has 0 bridgehead atoms. The SMILES string of the molecule is CCN(CCNC(=O)c1ccc(Cl)c(S(=O)(=O)N2CCCC2)c1)c1cccc(C)c1. The molecule has 1 amide bonds. The maximum atomic E-state index is 12.9. The molecule has 8 heteroatoms. The van der Waals surface area contributed by atoms with Crippen molar-refractivity contribution in [3.63, 3.8) is 0 Å². The minimum absolute atomic E-state index is 0.00587. The molecule has 1 aliphatic rings. The second-order valence-corrected chi connectivity index (χ2v) is 9.74. The number of carbonyl (C=O) groups excluding carboxylic acids is 1. The van der Waals surface area contributed by atoms with Crippen LogP contribution in [-0.2, 0) is 10.0 Å². The van der Waals surface area contributed by atoms with Crippen LogP contribution in [-0.4, -0.2) is 51.4 Å². The summed E-state index contributed by atoms with van der Waals surface area (Å²) in [6, 6.07) is 12.6. The Balaban J connectivity index is 1.67. The van der Waals surface area contributed by atoms with Crippen LogP contribution in [0.3, 0.4) is 0 Å². The standard InChI is InChI=1S/C22H28ClN3O3S/c1-3-25(19-8-6-7-17(2)15-19)14-11-24-22(27)18-9-10-20(23)21(16-18)30(28,29)26-12-4-5-13-26/h6-10,15-16H,3-5,11-14H2,1-2H3,(H,24,27). The summed E-state index contributed by atoms with van der Waals surface area (Å²) >= 11 is 6.16. The molecule has 162 valence electrons. The Morgan fingerprint density at radius 1 is 1.17 bits per heavy atom. The Hall–Kier alpha value is -2.09. The molecule has 2 aromatic rings. The van der Waals surface area contributed by atoms with Gasteiger partial charge in [-0.2, -0.15) is 4.31 Å². The highest BCUT2D eigenvalue weighted by Crippen LogP contribution is 2.28. The minimum atomic E-state index is -3.69. The van der Waals surface area contributed by atoms with Gasteiger partial charge >= 0.3 is 0 Å². The maximum Gasteiger partial charge on any atom is 0.251 e. The van der Waals surface area contributed by atoms with Crippen molar-refractivity contribution in [2.45, 2.75) is 31.6 Å².